The molecule has 49 heavy (non-hydrogen) atoms. The van der Waals surface area contributed by atoms with Crippen LogP contribution in [0.4, 0.5) is 0 Å². The van der Waals surface area contributed by atoms with Crippen LogP contribution in [0.3, 0.4) is 0 Å². The molecule has 8 aromatic carbocycles. The fourth-order valence-corrected chi connectivity index (χ4v) is 8.11. The third-order valence-corrected chi connectivity index (χ3v) is 10.3. The van der Waals surface area contributed by atoms with Crippen molar-refractivity contribution in [2.24, 2.45) is 0 Å². The van der Waals surface area contributed by atoms with Gasteiger partial charge in [-0.25, -0.2) is 0 Å². The lowest BCUT2D eigenvalue weighted by atomic mass is 9.93. The number of hydrogen-bond acceptors (Lipinski definition) is 1. The summed E-state index contributed by atoms with van der Waals surface area (Å²) in [5.41, 5.74) is 11.8. The van der Waals surface area contributed by atoms with Crippen LogP contribution in [0.5, 0.6) is 11.5 Å². The molecule has 1 aliphatic rings. The second-order valence-corrected chi connectivity index (χ2v) is 12.9. The van der Waals surface area contributed by atoms with E-state index in [4.69, 9.17) is 4.74 Å². The Labute approximate surface area is 282 Å². The molecule has 0 aliphatic carbocycles. The van der Waals surface area contributed by atoms with Crippen LogP contribution in [0.1, 0.15) is 0 Å². The first-order valence-electron chi connectivity index (χ1n) is 16.8. The summed E-state index contributed by atoms with van der Waals surface area (Å²) in [4.78, 5) is 0. The van der Waals surface area contributed by atoms with E-state index in [9.17, 15) is 0 Å². The largest absolute Gasteiger partial charge is 0.456 e. The molecule has 0 amide bonds. The van der Waals surface area contributed by atoms with Crippen LogP contribution < -0.4 is 4.74 Å². The molecular formula is C46H28N2O. The van der Waals surface area contributed by atoms with Crippen LogP contribution in [-0.4, -0.2) is 9.13 Å². The summed E-state index contributed by atoms with van der Waals surface area (Å²) in [6.45, 7) is 0. The molecule has 0 saturated heterocycles. The predicted molar refractivity (Wildman–Crippen MR) is 204 cm³/mol. The molecule has 0 atom stereocenters. The second-order valence-electron chi connectivity index (χ2n) is 12.9. The first-order chi connectivity index (χ1) is 24.3. The Morgan fingerprint density at radius 3 is 1.45 bits per heavy atom. The maximum atomic E-state index is 6.59. The minimum atomic E-state index is 0.891. The van der Waals surface area contributed by atoms with E-state index in [2.05, 4.69) is 179 Å². The Balaban J connectivity index is 1.01. The van der Waals surface area contributed by atoms with Gasteiger partial charge in [-0.2, -0.15) is 0 Å². The van der Waals surface area contributed by atoms with Crippen molar-refractivity contribution >= 4 is 54.4 Å². The summed E-state index contributed by atoms with van der Waals surface area (Å²) < 4.78 is 11.3. The standard InChI is InChI=1S/C46H28N2O/c1-4-15-40-34(11-1)35-12-2-5-16-41(35)47(40)32-23-19-29(20-24-32)30-21-25-33(26-22-30)48-42-17-6-3-13-36(42)38-27-39-37-14-7-9-31-10-8-18-44(46(31)37)49-45(39)28-43(38)48/h1-28H. The number of benzene rings is 8. The van der Waals surface area contributed by atoms with Gasteiger partial charge in [0.1, 0.15) is 11.5 Å². The van der Waals surface area contributed by atoms with E-state index in [-0.39, 0.29) is 0 Å². The lowest BCUT2D eigenvalue weighted by Gasteiger charge is -2.21. The molecule has 0 radical (unpaired) electrons. The van der Waals surface area contributed by atoms with Gasteiger partial charge in [0.2, 0.25) is 0 Å². The molecule has 0 saturated carbocycles. The number of aromatic nitrogens is 2. The molecule has 0 N–H and O–H groups in total. The number of fused-ring (bicyclic) bond motifs is 8. The average Bonchev–Trinajstić information content (AvgIpc) is 3.67. The Kier molecular flexibility index (Phi) is 5.38. The zero-order valence-electron chi connectivity index (χ0n) is 26.5. The topological polar surface area (TPSA) is 19.1 Å². The fourth-order valence-electron chi connectivity index (χ4n) is 8.11. The number of para-hydroxylation sites is 3. The molecule has 0 unspecified atom stereocenters. The molecule has 3 heterocycles. The maximum absolute atomic E-state index is 6.59. The maximum Gasteiger partial charge on any atom is 0.137 e. The van der Waals surface area contributed by atoms with Crippen LogP contribution >= 0.6 is 0 Å². The Hall–Kier alpha value is -6.58. The van der Waals surface area contributed by atoms with Crippen molar-refractivity contribution in [1.29, 1.82) is 0 Å². The molecule has 0 fully saturated rings. The van der Waals surface area contributed by atoms with Gasteiger partial charge < -0.3 is 13.9 Å². The van der Waals surface area contributed by atoms with Gasteiger partial charge in [0.05, 0.1) is 22.1 Å². The third-order valence-electron chi connectivity index (χ3n) is 10.3. The Morgan fingerprint density at radius 2 is 0.857 bits per heavy atom. The Bertz CT molecular complexity index is 2890. The van der Waals surface area contributed by atoms with Crippen molar-refractivity contribution in [3.8, 4) is 45.1 Å². The van der Waals surface area contributed by atoms with Crippen LogP contribution in [0, 0.1) is 0 Å². The first kappa shape index (κ1) is 26.5. The predicted octanol–water partition coefficient (Wildman–Crippen LogP) is 12.5. The summed E-state index contributed by atoms with van der Waals surface area (Å²) in [6, 6.07) is 61.2. The van der Waals surface area contributed by atoms with E-state index in [1.165, 1.54) is 65.6 Å². The highest BCUT2D eigenvalue weighted by atomic mass is 16.5. The molecular weight excluding hydrogens is 597 g/mol. The van der Waals surface area contributed by atoms with Crippen molar-refractivity contribution in [3.63, 3.8) is 0 Å². The molecule has 0 bridgehead atoms. The molecule has 228 valence electrons. The van der Waals surface area contributed by atoms with Gasteiger partial charge in [-0.05, 0) is 76.7 Å². The number of rotatable bonds is 3. The van der Waals surface area contributed by atoms with Gasteiger partial charge in [0.25, 0.3) is 0 Å². The summed E-state index contributed by atoms with van der Waals surface area (Å²) >= 11 is 0. The monoisotopic (exact) mass is 624 g/mol. The fraction of sp³-hybridized carbons (Fsp3) is 0. The zero-order chi connectivity index (χ0) is 32.1. The summed E-state index contributed by atoms with van der Waals surface area (Å²) in [6.07, 6.45) is 0. The lowest BCUT2D eigenvalue weighted by Crippen LogP contribution is -1.98. The molecule has 11 rings (SSSR count). The van der Waals surface area contributed by atoms with E-state index < -0.39 is 0 Å². The van der Waals surface area contributed by atoms with Crippen LogP contribution in [0.2, 0.25) is 0 Å². The van der Waals surface area contributed by atoms with Crippen LogP contribution in [0.15, 0.2) is 170 Å². The van der Waals surface area contributed by atoms with E-state index in [0.29, 0.717) is 0 Å². The van der Waals surface area contributed by atoms with Crippen molar-refractivity contribution in [3.05, 3.63) is 170 Å². The van der Waals surface area contributed by atoms with Crippen molar-refractivity contribution in [1.82, 2.24) is 9.13 Å². The molecule has 0 spiro atoms. The highest BCUT2D eigenvalue weighted by Crippen LogP contribution is 2.49. The summed E-state index contributed by atoms with van der Waals surface area (Å²) in [5, 5.41) is 7.38. The van der Waals surface area contributed by atoms with E-state index in [1.54, 1.807) is 0 Å². The normalized spacial score (nSPS) is 12.2. The van der Waals surface area contributed by atoms with E-state index >= 15 is 0 Å². The molecule has 3 nitrogen and oxygen atoms in total. The zero-order valence-corrected chi connectivity index (χ0v) is 26.5. The van der Waals surface area contributed by atoms with E-state index in [0.717, 1.165) is 34.0 Å². The highest BCUT2D eigenvalue weighted by molar-refractivity contribution is 6.14. The van der Waals surface area contributed by atoms with Gasteiger partial charge >= 0.3 is 0 Å². The molecule has 2 aromatic heterocycles. The second kappa shape index (κ2) is 9.96. The quantitative estimate of drug-likeness (QED) is 0.191. The van der Waals surface area contributed by atoms with E-state index in [1.807, 2.05) is 0 Å². The molecule has 3 heteroatoms. The van der Waals surface area contributed by atoms with Crippen LogP contribution in [-0.2, 0) is 0 Å². The number of nitrogens with zero attached hydrogens (tertiary/aromatic N) is 2. The first-order valence-corrected chi connectivity index (χ1v) is 16.8. The average molecular weight is 625 g/mol. The van der Waals surface area contributed by atoms with Gasteiger partial charge in [-0.1, -0.05) is 109 Å². The minimum Gasteiger partial charge on any atom is -0.456 e. The molecule has 1 aliphatic heterocycles. The van der Waals surface area contributed by atoms with Gasteiger partial charge in [0.15, 0.2) is 0 Å². The van der Waals surface area contributed by atoms with Crippen LogP contribution in [0.25, 0.3) is 88.0 Å². The number of ether oxygens (including phenoxy) is 1. The highest BCUT2D eigenvalue weighted by Gasteiger charge is 2.23. The van der Waals surface area contributed by atoms with Gasteiger partial charge in [0, 0.05) is 49.9 Å². The van der Waals surface area contributed by atoms with Gasteiger partial charge in [-0.15, -0.1) is 0 Å². The SMILES string of the molecule is c1cc2c3c(cccc3c1)-c1cc3c4ccccc4n(-c4ccc(-c5ccc(-n6c7ccccc7c7ccccc76)cc5)cc4)c3cc1O2. The Morgan fingerprint density at radius 1 is 0.347 bits per heavy atom. The lowest BCUT2D eigenvalue weighted by molar-refractivity contribution is 0.487. The number of hydrogen-bond donors (Lipinski definition) is 0. The summed E-state index contributed by atoms with van der Waals surface area (Å²) in [7, 11) is 0. The van der Waals surface area contributed by atoms with Gasteiger partial charge in [-0.3, -0.25) is 0 Å². The molecule has 10 aromatic rings. The van der Waals surface area contributed by atoms with Crippen molar-refractivity contribution in [2.75, 3.05) is 0 Å². The summed E-state index contributed by atoms with van der Waals surface area (Å²) in [5.74, 6) is 1.80. The van der Waals surface area contributed by atoms with Crippen molar-refractivity contribution < 1.29 is 4.74 Å². The minimum absolute atomic E-state index is 0.891. The smallest absolute Gasteiger partial charge is 0.137 e. The third kappa shape index (κ3) is 3.78. The van der Waals surface area contributed by atoms with Crippen molar-refractivity contribution in [2.45, 2.75) is 0 Å².